The van der Waals surface area contributed by atoms with E-state index in [9.17, 15) is 13.2 Å². The summed E-state index contributed by atoms with van der Waals surface area (Å²) in [5, 5.41) is -1.08. The molecule has 0 N–H and O–H groups in total. The molecule has 0 spiro atoms. The van der Waals surface area contributed by atoms with Crippen LogP contribution in [0.1, 0.15) is 26.7 Å². The van der Waals surface area contributed by atoms with Crippen LogP contribution < -0.4 is 5.56 Å². The van der Waals surface area contributed by atoms with Crippen LogP contribution in [0.25, 0.3) is 0 Å². The Kier molecular flexibility index (Phi) is 5.34. The second-order valence-electron chi connectivity index (χ2n) is 4.06. The van der Waals surface area contributed by atoms with Crippen molar-refractivity contribution >= 4 is 21.4 Å². The molecule has 1 aromatic heterocycles. The third kappa shape index (κ3) is 3.11. The molecule has 1 heterocycles. The SMILES string of the molecule is CCCn1ccnc(S(=O)(=O)C(C)CCCl)c1=O. The molecular formula is C11H17ClN2O3S. The predicted octanol–water partition coefficient (Wildman–Crippen LogP) is 1.44. The molecule has 102 valence electrons. The normalized spacial score (nSPS) is 13.5. The molecule has 1 unspecified atom stereocenters. The van der Waals surface area contributed by atoms with E-state index in [1.807, 2.05) is 6.92 Å². The minimum atomic E-state index is -3.70. The minimum absolute atomic E-state index is 0.233. The second kappa shape index (κ2) is 6.33. The van der Waals surface area contributed by atoms with Crippen molar-refractivity contribution < 1.29 is 8.42 Å². The van der Waals surface area contributed by atoms with Crippen LogP contribution in [0, 0.1) is 0 Å². The topological polar surface area (TPSA) is 69.0 Å². The van der Waals surface area contributed by atoms with Crippen molar-refractivity contribution in [3.05, 3.63) is 22.7 Å². The Bertz CT molecular complexity index is 554. The summed E-state index contributed by atoms with van der Waals surface area (Å²) in [6.45, 7) is 3.93. The van der Waals surface area contributed by atoms with Crippen molar-refractivity contribution in [3.63, 3.8) is 0 Å². The number of halogens is 1. The van der Waals surface area contributed by atoms with Gasteiger partial charge >= 0.3 is 0 Å². The van der Waals surface area contributed by atoms with Crippen LogP contribution in [-0.2, 0) is 16.4 Å². The lowest BCUT2D eigenvalue weighted by Crippen LogP contribution is -2.31. The molecule has 1 rings (SSSR count). The maximum absolute atomic E-state index is 12.2. The number of aryl methyl sites for hydroxylation is 1. The molecule has 7 heteroatoms. The van der Waals surface area contributed by atoms with Crippen LogP contribution in [0.3, 0.4) is 0 Å². The fourth-order valence-corrected chi connectivity index (χ4v) is 3.37. The van der Waals surface area contributed by atoms with Gasteiger partial charge in [0, 0.05) is 24.8 Å². The number of aromatic nitrogens is 2. The van der Waals surface area contributed by atoms with Gasteiger partial charge in [-0.15, -0.1) is 11.6 Å². The first-order chi connectivity index (χ1) is 8.45. The van der Waals surface area contributed by atoms with Gasteiger partial charge in [0.1, 0.15) is 0 Å². The fraction of sp³-hybridized carbons (Fsp3) is 0.636. The highest BCUT2D eigenvalue weighted by Gasteiger charge is 2.27. The van der Waals surface area contributed by atoms with E-state index in [-0.39, 0.29) is 10.9 Å². The van der Waals surface area contributed by atoms with E-state index in [2.05, 4.69) is 4.98 Å². The molecule has 0 fully saturated rings. The van der Waals surface area contributed by atoms with Gasteiger partial charge in [-0.2, -0.15) is 0 Å². The molecule has 0 amide bonds. The summed E-state index contributed by atoms with van der Waals surface area (Å²) in [4.78, 5) is 15.7. The summed E-state index contributed by atoms with van der Waals surface area (Å²) in [6.07, 6.45) is 3.89. The third-order valence-corrected chi connectivity index (χ3v) is 4.99. The largest absolute Gasteiger partial charge is 0.312 e. The summed E-state index contributed by atoms with van der Waals surface area (Å²) in [5.74, 6) is 0.233. The summed E-state index contributed by atoms with van der Waals surface area (Å²) in [7, 11) is -3.70. The third-order valence-electron chi connectivity index (χ3n) is 2.66. The molecule has 18 heavy (non-hydrogen) atoms. The Labute approximate surface area is 112 Å². The van der Waals surface area contributed by atoms with Crippen molar-refractivity contribution in [2.24, 2.45) is 0 Å². The molecule has 0 aliphatic heterocycles. The minimum Gasteiger partial charge on any atom is -0.312 e. The molecule has 0 aliphatic carbocycles. The molecule has 5 nitrogen and oxygen atoms in total. The van der Waals surface area contributed by atoms with E-state index >= 15 is 0 Å². The molecule has 0 aromatic carbocycles. The van der Waals surface area contributed by atoms with Gasteiger partial charge in [-0.25, -0.2) is 13.4 Å². The second-order valence-corrected chi connectivity index (χ2v) is 6.72. The standard InChI is InChI=1S/C11H17ClN2O3S/c1-3-7-14-8-6-13-10(11(14)15)18(16,17)9(2)4-5-12/h6,8-9H,3-5,7H2,1-2H3. The van der Waals surface area contributed by atoms with E-state index in [0.717, 1.165) is 6.42 Å². The number of nitrogens with zero attached hydrogens (tertiary/aromatic N) is 2. The lowest BCUT2D eigenvalue weighted by molar-refractivity contribution is 0.566. The predicted molar refractivity (Wildman–Crippen MR) is 70.8 cm³/mol. The number of sulfone groups is 1. The zero-order chi connectivity index (χ0) is 13.8. The molecular weight excluding hydrogens is 276 g/mol. The van der Waals surface area contributed by atoms with Gasteiger partial charge in [0.2, 0.25) is 14.9 Å². The highest BCUT2D eigenvalue weighted by atomic mass is 35.5. The maximum Gasteiger partial charge on any atom is 0.288 e. The quantitative estimate of drug-likeness (QED) is 0.744. The smallest absolute Gasteiger partial charge is 0.288 e. The van der Waals surface area contributed by atoms with Crippen LogP contribution in [0.4, 0.5) is 0 Å². The fourth-order valence-electron chi connectivity index (χ4n) is 1.54. The van der Waals surface area contributed by atoms with Gasteiger partial charge in [0.15, 0.2) is 0 Å². The number of alkyl halides is 1. The van der Waals surface area contributed by atoms with Gasteiger partial charge in [0.05, 0.1) is 5.25 Å². The number of hydrogen-bond donors (Lipinski definition) is 0. The first-order valence-electron chi connectivity index (χ1n) is 5.80. The zero-order valence-electron chi connectivity index (χ0n) is 10.5. The van der Waals surface area contributed by atoms with Crippen LogP contribution in [-0.4, -0.2) is 29.1 Å². The summed E-state index contributed by atoms with van der Waals surface area (Å²) in [5.41, 5.74) is -0.555. The van der Waals surface area contributed by atoms with Gasteiger partial charge in [-0.05, 0) is 19.8 Å². The van der Waals surface area contributed by atoms with Crippen molar-refractivity contribution in [3.8, 4) is 0 Å². The zero-order valence-corrected chi connectivity index (χ0v) is 12.0. The lowest BCUT2D eigenvalue weighted by atomic mass is 10.4. The Hall–Kier alpha value is -0.880. The van der Waals surface area contributed by atoms with E-state index < -0.39 is 20.6 Å². The van der Waals surface area contributed by atoms with Crippen molar-refractivity contribution in [1.29, 1.82) is 0 Å². The van der Waals surface area contributed by atoms with E-state index in [0.29, 0.717) is 13.0 Å². The first-order valence-corrected chi connectivity index (χ1v) is 7.88. The van der Waals surface area contributed by atoms with Gasteiger partial charge in [-0.3, -0.25) is 4.79 Å². The van der Waals surface area contributed by atoms with Crippen LogP contribution >= 0.6 is 11.6 Å². The Balaban J connectivity index is 3.25. The molecule has 0 aliphatic rings. The maximum atomic E-state index is 12.2. The lowest BCUT2D eigenvalue weighted by Gasteiger charge is -2.11. The highest BCUT2D eigenvalue weighted by molar-refractivity contribution is 7.91. The van der Waals surface area contributed by atoms with Crippen LogP contribution in [0.5, 0.6) is 0 Å². The van der Waals surface area contributed by atoms with E-state index in [4.69, 9.17) is 11.6 Å². The molecule has 0 bridgehead atoms. The molecule has 0 saturated carbocycles. The summed E-state index contributed by atoms with van der Waals surface area (Å²) >= 11 is 5.54. The van der Waals surface area contributed by atoms with Crippen molar-refractivity contribution in [2.75, 3.05) is 5.88 Å². The molecule has 1 atom stereocenters. The Morgan fingerprint density at radius 1 is 1.50 bits per heavy atom. The molecule has 0 radical (unpaired) electrons. The molecule has 1 aromatic rings. The monoisotopic (exact) mass is 292 g/mol. The van der Waals surface area contributed by atoms with E-state index in [1.165, 1.54) is 23.9 Å². The Morgan fingerprint density at radius 3 is 2.72 bits per heavy atom. The van der Waals surface area contributed by atoms with Crippen molar-refractivity contribution in [1.82, 2.24) is 9.55 Å². The van der Waals surface area contributed by atoms with Crippen LogP contribution in [0.15, 0.2) is 22.2 Å². The summed E-state index contributed by atoms with van der Waals surface area (Å²) < 4.78 is 25.7. The number of rotatable bonds is 6. The first kappa shape index (κ1) is 15.2. The average Bonchev–Trinajstić information content (AvgIpc) is 2.32. The Morgan fingerprint density at radius 2 is 2.17 bits per heavy atom. The molecule has 0 saturated heterocycles. The van der Waals surface area contributed by atoms with Crippen molar-refractivity contribution in [2.45, 2.75) is 43.5 Å². The van der Waals surface area contributed by atoms with E-state index in [1.54, 1.807) is 0 Å². The van der Waals surface area contributed by atoms with Gasteiger partial charge in [0.25, 0.3) is 5.56 Å². The number of hydrogen-bond acceptors (Lipinski definition) is 4. The van der Waals surface area contributed by atoms with Crippen LogP contribution in [0.2, 0.25) is 0 Å². The highest BCUT2D eigenvalue weighted by Crippen LogP contribution is 2.13. The average molecular weight is 293 g/mol. The van der Waals surface area contributed by atoms with Gasteiger partial charge < -0.3 is 4.57 Å². The van der Waals surface area contributed by atoms with Gasteiger partial charge in [-0.1, -0.05) is 6.92 Å². The summed E-state index contributed by atoms with van der Waals surface area (Å²) in [6, 6.07) is 0.